The van der Waals surface area contributed by atoms with E-state index in [1.807, 2.05) is 4.68 Å². The highest BCUT2D eigenvalue weighted by molar-refractivity contribution is 5.86. The number of Topliss-reactive ketones (excluding diaryl/α,β-unsaturated/α-hetero) is 1. The summed E-state index contributed by atoms with van der Waals surface area (Å²) in [5.41, 5.74) is 2.24. The molecule has 1 aromatic heterocycles. The summed E-state index contributed by atoms with van der Waals surface area (Å²) in [5.74, 6) is 0.777. The summed E-state index contributed by atoms with van der Waals surface area (Å²) in [4.78, 5) is 12.3. The molecule has 1 N–H and O–H groups in total. The van der Waals surface area contributed by atoms with E-state index in [1.54, 1.807) is 0 Å². The number of aromatic nitrogens is 2. The Kier molecular flexibility index (Phi) is 3.05. The first-order valence-corrected chi connectivity index (χ1v) is 7.60. The van der Waals surface area contributed by atoms with Gasteiger partial charge in [-0.25, -0.2) is 0 Å². The lowest BCUT2D eigenvalue weighted by atomic mass is 9.51. The van der Waals surface area contributed by atoms with Gasteiger partial charge in [-0.3, -0.25) is 9.48 Å². The molecule has 2 aliphatic carbocycles. The Morgan fingerprint density at radius 2 is 2.15 bits per heavy atom. The van der Waals surface area contributed by atoms with Crippen LogP contribution in [0, 0.1) is 11.3 Å². The van der Waals surface area contributed by atoms with Crippen molar-refractivity contribution < 1.29 is 9.90 Å². The van der Waals surface area contributed by atoms with Crippen molar-refractivity contribution in [1.29, 1.82) is 0 Å². The topological polar surface area (TPSA) is 55.1 Å². The second kappa shape index (κ2) is 4.42. The zero-order valence-electron chi connectivity index (χ0n) is 12.6. The highest BCUT2D eigenvalue weighted by Crippen LogP contribution is 2.55. The summed E-state index contributed by atoms with van der Waals surface area (Å²) in [6.45, 7) is 7.15. The van der Waals surface area contributed by atoms with Gasteiger partial charge in [0.1, 0.15) is 5.78 Å². The molecule has 4 nitrogen and oxygen atoms in total. The number of ketones is 1. The van der Waals surface area contributed by atoms with Gasteiger partial charge in [0.2, 0.25) is 0 Å². The first kappa shape index (κ1) is 13.8. The average Bonchev–Trinajstić information content (AvgIpc) is 2.79. The molecule has 20 heavy (non-hydrogen) atoms. The van der Waals surface area contributed by atoms with Gasteiger partial charge in [0.15, 0.2) is 0 Å². The Labute approximate surface area is 120 Å². The molecule has 110 valence electrons. The van der Waals surface area contributed by atoms with Crippen molar-refractivity contribution in [3.05, 3.63) is 17.5 Å². The highest BCUT2D eigenvalue weighted by Gasteiger charge is 2.54. The number of carbonyl (C=O) groups excluding carboxylic acids is 1. The van der Waals surface area contributed by atoms with E-state index < -0.39 is 0 Å². The van der Waals surface area contributed by atoms with E-state index in [2.05, 4.69) is 27.0 Å². The third kappa shape index (κ3) is 1.77. The van der Waals surface area contributed by atoms with Crippen molar-refractivity contribution in [2.75, 3.05) is 6.61 Å². The molecule has 2 unspecified atom stereocenters. The van der Waals surface area contributed by atoms with Crippen LogP contribution >= 0.6 is 0 Å². The van der Waals surface area contributed by atoms with Crippen LogP contribution in [0.25, 0.3) is 0 Å². The van der Waals surface area contributed by atoms with Gasteiger partial charge in [0.05, 0.1) is 18.8 Å². The van der Waals surface area contributed by atoms with E-state index >= 15 is 0 Å². The van der Waals surface area contributed by atoms with Crippen molar-refractivity contribution in [1.82, 2.24) is 9.78 Å². The molecule has 2 aliphatic rings. The van der Waals surface area contributed by atoms with Gasteiger partial charge >= 0.3 is 0 Å². The van der Waals surface area contributed by atoms with E-state index in [-0.39, 0.29) is 17.4 Å². The third-order valence-corrected chi connectivity index (χ3v) is 5.64. The quantitative estimate of drug-likeness (QED) is 0.900. The Hall–Kier alpha value is -1.16. The van der Waals surface area contributed by atoms with Crippen LogP contribution in [0.4, 0.5) is 0 Å². The maximum absolute atomic E-state index is 12.3. The first-order chi connectivity index (χ1) is 9.39. The molecule has 2 atom stereocenters. The van der Waals surface area contributed by atoms with Gasteiger partial charge in [-0.15, -0.1) is 0 Å². The molecule has 1 fully saturated rings. The molecule has 1 aromatic rings. The molecule has 4 heteroatoms. The lowest BCUT2D eigenvalue weighted by molar-refractivity contribution is -0.137. The Bertz CT molecular complexity index is 547. The number of hydrogen-bond donors (Lipinski definition) is 1. The Morgan fingerprint density at radius 1 is 1.40 bits per heavy atom. The zero-order valence-corrected chi connectivity index (χ0v) is 12.6. The molecule has 0 aliphatic heterocycles. The van der Waals surface area contributed by atoms with Gasteiger partial charge in [-0.2, -0.15) is 5.10 Å². The molecule has 0 radical (unpaired) electrons. The first-order valence-electron chi connectivity index (χ1n) is 7.60. The van der Waals surface area contributed by atoms with E-state index in [0.29, 0.717) is 24.7 Å². The third-order valence-electron chi connectivity index (χ3n) is 5.64. The van der Waals surface area contributed by atoms with Crippen LogP contribution in [0.5, 0.6) is 0 Å². The van der Waals surface area contributed by atoms with Crippen LogP contribution in [-0.4, -0.2) is 27.3 Å². The number of aliphatic hydroxyl groups is 1. The van der Waals surface area contributed by atoms with Gasteiger partial charge in [-0.1, -0.05) is 20.8 Å². The fraction of sp³-hybridized carbons (Fsp3) is 0.750. The summed E-state index contributed by atoms with van der Waals surface area (Å²) < 4.78 is 1.86. The minimum absolute atomic E-state index is 0.00565. The number of rotatable bonds is 2. The molecule has 0 spiro atoms. The number of nitrogens with zero attached hydrogens (tertiary/aromatic N) is 2. The minimum Gasteiger partial charge on any atom is -0.394 e. The standard InChI is InChI=1S/C16H24N2O2/c1-15(2)12-5-4-11-10-18(8-9-19)17-14(11)16(12,3)7-6-13(15)20/h10,12,19H,4-9H2,1-3H3. The number of aliphatic hydroxyl groups excluding tert-OH is 1. The predicted octanol–water partition coefficient (Wildman–Crippen LogP) is 2.08. The maximum Gasteiger partial charge on any atom is 0.138 e. The van der Waals surface area contributed by atoms with Crippen LogP contribution in [0.1, 0.15) is 51.3 Å². The number of aryl methyl sites for hydroxylation is 1. The smallest absolute Gasteiger partial charge is 0.138 e. The van der Waals surface area contributed by atoms with E-state index in [9.17, 15) is 4.79 Å². The van der Waals surface area contributed by atoms with Gasteiger partial charge in [-0.05, 0) is 30.7 Å². The molecule has 0 saturated heterocycles. The minimum atomic E-state index is -0.245. The van der Waals surface area contributed by atoms with Crippen LogP contribution in [0.3, 0.4) is 0 Å². The Balaban J connectivity index is 2.04. The lowest BCUT2D eigenvalue weighted by Gasteiger charge is -2.51. The van der Waals surface area contributed by atoms with Crippen LogP contribution < -0.4 is 0 Å². The van der Waals surface area contributed by atoms with E-state index in [4.69, 9.17) is 10.2 Å². The summed E-state index contributed by atoms with van der Waals surface area (Å²) in [5, 5.41) is 13.8. The summed E-state index contributed by atoms with van der Waals surface area (Å²) in [6.07, 6.45) is 5.70. The largest absolute Gasteiger partial charge is 0.394 e. The van der Waals surface area contributed by atoms with Crippen molar-refractivity contribution in [3.8, 4) is 0 Å². The van der Waals surface area contributed by atoms with Crippen molar-refractivity contribution in [3.63, 3.8) is 0 Å². The van der Waals surface area contributed by atoms with E-state index in [0.717, 1.165) is 19.3 Å². The highest BCUT2D eigenvalue weighted by atomic mass is 16.3. The fourth-order valence-corrected chi connectivity index (χ4v) is 4.47. The van der Waals surface area contributed by atoms with Crippen LogP contribution in [0.15, 0.2) is 6.20 Å². The van der Waals surface area contributed by atoms with Gasteiger partial charge < -0.3 is 5.11 Å². The average molecular weight is 276 g/mol. The SMILES string of the molecule is CC1(C)C(=O)CCC2(C)c3nn(CCO)cc3CCC12. The number of carbonyl (C=O) groups is 1. The monoisotopic (exact) mass is 276 g/mol. The lowest BCUT2D eigenvalue weighted by Crippen LogP contribution is -2.52. The summed E-state index contributed by atoms with van der Waals surface area (Å²) >= 11 is 0. The van der Waals surface area contributed by atoms with Crippen molar-refractivity contribution in [2.24, 2.45) is 11.3 Å². The summed E-state index contributed by atoms with van der Waals surface area (Å²) in [7, 11) is 0. The zero-order chi connectivity index (χ0) is 14.5. The fourth-order valence-electron chi connectivity index (χ4n) is 4.47. The second-order valence-electron chi connectivity index (χ2n) is 7.14. The van der Waals surface area contributed by atoms with Crippen molar-refractivity contribution >= 4 is 5.78 Å². The van der Waals surface area contributed by atoms with Crippen LogP contribution in [-0.2, 0) is 23.2 Å². The molecule has 1 heterocycles. The second-order valence-corrected chi connectivity index (χ2v) is 7.14. The number of fused-ring (bicyclic) bond motifs is 3. The number of hydrogen-bond acceptors (Lipinski definition) is 3. The molecule has 0 bridgehead atoms. The maximum atomic E-state index is 12.3. The predicted molar refractivity (Wildman–Crippen MR) is 76.5 cm³/mol. The van der Waals surface area contributed by atoms with E-state index in [1.165, 1.54) is 11.3 Å². The Morgan fingerprint density at radius 3 is 2.85 bits per heavy atom. The van der Waals surface area contributed by atoms with Crippen LogP contribution in [0.2, 0.25) is 0 Å². The van der Waals surface area contributed by atoms with Gasteiger partial charge in [0.25, 0.3) is 0 Å². The molecule has 0 amide bonds. The van der Waals surface area contributed by atoms with Gasteiger partial charge in [0, 0.05) is 23.4 Å². The molecule has 3 rings (SSSR count). The normalized spacial score (nSPS) is 31.8. The molecular weight excluding hydrogens is 252 g/mol. The summed E-state index contributed by atoms with van der Waals surface area (Å²) in [6, 6.07) is 0. The molecule has 1 saturated carbocycles. The van der Waals surface area contributed by atoms with Crippen molar-refractivity contribution in [2.45, 2.75) is 58.4 Å². The molecular formula is C16H24N2O2. The molecule has 0 aromatic carbocycles.